The minimum absolute atomic E-state index is 0. The van der Waals surface area contributed by atoms with Gasteiger partial charge in [-0.1, -0.05) is 0 Å². The highest BCUT2D eigenvalue weighted by atomic mass is 127. The number of aromatic nitrogens is 1. The number of amides is 1. The van der Waals surface area contributed by atoms with E-state index in [1.807, 2.05) is 53.0 Å². The van der Waals surface area contributed by atoms with Crippen LogP contribution in [-0.4, -0.2) is 24.5 Å². The van der Waals surface area contributed by atoms with Gasteiger partial charge in [-0.15, -0.1) is 0 Å². The van der Waals surface area contributed by atoms with Crippen molar-refractivity contribution in [3.05, 3.63) is 59.9 Å². The van der Waals surface area contributed by atoms with Gasteiger partial charge in [0.25, 0.3) is 5.91 Å². The van der Waals surface area contributed by atoms with Crippen LogP contribution >= 0.6 is 0 Å². The van der Waals surface area contributed by atoms with Gasteiger partial charge in [-0.05, 0) is 49.6 Å². The molecule has 1 amide bonds. The third-order valence-corrected chi connectivity index (χ3v) is 4.45. The van der Waals surface area contributed by atoms with Crippen LogP contribution in [0.3, 0.4) is 0 Å². The number of nitrogens with zero attached hydrogens (tertiary/aromatic N) is 2. The normalized spacial score (nSPS) is 17.1. The smallest absolute Gasteiger partial charge is 0.254 e. The second kappa shape index (κ2) is 8.46. The summed E-state index contributed by atoms with van der Waals surface area (Å²) in [5.41, 5.74) is 1.93. The third kappa shape index (κ3) is 4.06. The lowest BCUT2D eigenvalue weighted by Crippen LogP contribution is -3.00. The molecule has 4 nitrogen and oxygen atoms in total. The molecule has 0 bridgehead atoms. The molecule has 3 rings (SSSR count). The van der Waals surface area contributed by atoms with Gasteiger partial charge in [0, 0.05) is 23.7 Å². The van der Waals surface area contributed by atoms with Crippen molar-refractivity contribution in [3.8, 4) is 5.75 Å². The van der Waals surface area contributed by atoms with Gasteiger partial charge in [0.2, 0.25) is 0 Å². The second-order valence-corrected chi connectivity index (χ2v) is 6.04. The Labute approximate surface area is 160 Å². The van der Waals surface area contributed by atoms with Gasteiger partial charge in [-0.25, -0.2) is 4.57 Å². The van der Waals surface area contributed by atoms with Crippen LogP contribution in [0.25, 0.3) is 0 Å². The van der Waals surface area contributed by atoms with E-state index in [0.717, 1.165) is 37.1 Å². The van der Waals surface area contributed by atoms with Crippen LogP contribution in [0, 0.1) is 0 Å². The molecule has 1 fully saturated rings. The van der Waals surface area contributed by atoms with E-state index in [1.165, 1.54) is 5.56 Å². The molecule has 0 spiro atoms. The quantitative estimate of drug-likeness (QED) is 0.495. The number of hydrogen-bond acceptors (Lipinski definition) is 2. The first-order chi connectivity index (χ1) is 11.2. The molecular weight excluding hydrogens is 415 g/mol. The molecule has 128 valence electrons. The zero-order valence-corrected chi connectivity index (χ0v) is 16.3. The molecule has 0 N–H and O–H groups in total. The number of halogens is 1. The van der Waals surface area contributed by atoms with E-state index in [-0.39, 0.29) is 35.9 Å². The molecule has 1 aliphatic rings. The molecular formula is C19H23IN2O2. The summed E-state index contributed by atoms with van der Waals surface area (Å²) in [6, 6.07) is 11.7. The van der Waals surface area contributed by atoms with Crippen LogP contribution in [0.4, 0.5) is 0 Å². The molecule has 0 saturated carbocycles. The molecule has 1 unspecified atom stereocenters. The number of rotatable bonds is 3. The number of pyridine rings is 1. The Bertz CT molecular complexity index is 688. The number of likely N-dealkylation sites (tertiary alicyclic amines) is 1. The zero-order chi connectivity index (χ0) is 16.2. The fourth-order valence-corrected chi connectivity index (χ4v) is 3.23. The minimum atomic E-state index is 0. The van der Waals surface area contributed by atoms with Crippen LogP contribution in [0.15, 0.2) is 48.8 Å². The minimum Gasteiger partial charge on any atom is -1.00 e. The molecule has 5 heteroatoms. The first-order valence-corrected chi connectivity index (χ1v) is 8.09. The van der Waals surface area contributed by atoms with Gasteiger partial charge in [-0.3, -0.25) is 4.79 Å². The van der Waals surface area contributed by atoms with Gasteiger partial charge in [0.1, 0.15) is 12.8 Å². The maximum atomic E-state index is 12.9. The van der Waals surface area contributed by atoms with E-state index in [0.29, 0.717) is 0 Å². The van der Waals surface area contributed by atoms with Crippen molar-refractivity contribution in [1.29, 1.82) is 0 Å². The Hall–Kier alpha value is -1.63. The number of benzene rings is 1. The van der Waals surface area contributed by atoms with Crippen LogP contribution in [-0.2, 0) is 7.05 Å². The van der Waals surface area contributed by atoms with E-state index in [2.05, 4.69) is 12.3 Å². The van der Waals surface area contributed by atoms with Gasteiger partial charge >= 0.3 is 0 Å². The molecule has 1 aromatic heterocycles. The first-order valence-electron chi connectivity index (χ1n) is 8.09. The van der Waals surface area contributed by atoms with Crippen molar-refractivity contribution in [2.75, 3.05) is 13.7 Å². The average molecular weight is 438 g/mol. The monoisotopic (exact) mass is 438 g/mol. The number of hydrogen-bond donors (Lipinski definition) is 0. The summed E-state index contributed by atoms with van der Waals surface area (Å²) >= 11 is 0. The van der Waals surface area contributed by atoms with Crippen LogP contribution in [0.5, 0.6) is 5.75 Å². The fraction of sp³-hybridized carbons (Fsp3) is 0.368. The number of ether oxygens (including phenoxy) is 1. The predicted octanol–water partition coefficient (Wildman–Crippen LogP) is -0.109. The van der Waals surface area contributed by atoms with Crippen LogP contribution < -0.4 is 33.3 Å². The van der Waals surface area contributed by atoms with Crippen molar-refractivity contribution < 1.29 is 38.1 Å². The Morgan fingerprint density at radius 2 is 1.96 bits per heavy atom. The zero-order valence-electron chi connectivity index (χ0n) is 14.1. The molecule has 2 aromatic rings. The number of methoxy groups -OCH3 is 1. The molecule has 1 aromatic carbocycles. The van der Waals surface area contributed by atoms with Crippen molar-refractivity contribution in [2.45, 2.75) is 25.3 Å². The Morgan fingerprint density at radius 3 is 2.62 bits per heavy atom. The molecule has 1 saturated heterocycles. The summed E-state index contributed by atoms with van der Waals surface area (Å²) in [6.45, 7) is 0.814. The maximum Gasteiger partial charge on any atom is 0.254 e. The Kier molecular flexibility index (Phi) is 6.60. The number of carbonyl (C=O) groups excluding carboxylic acids is 1. The van der Waals surface area contributed by atoms with E-state index >= 15 is 0 Å². The number of carbonyl (C=O) groups is 1. The SMILES string of the molecule is COc1ccc(C(=O)N2CCCCC2c2ccc[n+](C)c2)cc1.[I-]. The van der Waals surface area contributed by atoms with Gasteiger partial charge < -0.3 is 33.6 Å². The molecule has 2 heterocycles. The van der Waals surface area contributed by atoms with Gasteiger partial charge in [0.15, 0.2) is 12.4 Å². The average Bonchev–Trinajstić information content (AvgIpc) is 2.61. The fourth-order valence-electron chi connectivity index (χ4n) is 3.23. The number of aryl methyl sites for hydroxylation is 1. The predicted molar refractivity (Wildman–Crippen MR) is 88.2 cm³/mol. The lowest BCUT2D eigenvalue weighted by atomic mass is 9.95. The van der Waals surface area contributed by atoms with E-state index in [1.54, 1.807) is 7.11 Å². The van der Waals surface area contributed by atoms with Gasteiger partial charge in [0.05, 0.1) is 13.2 Å². The molecule has 24 heavy (non-hydrogen) atoms. The Balaban J connectivity index is 0.00000208. The van der Waals surface area contributed by atoms with E-state index in [4.69, 9.17) is 4.74 Å². The second-order valence-electron chi connectivity index (χ2n) is 6.04. The molecule has 1 atom stereocenters. The summed E-state index contributed by atoms with van der Waals surface area (Å²) < 4.78 is 7.21. The highest BCUT2D eigenvalue weighted by molar-refractivity contribution is 5.94. The summed E-state index contributed by atoms with van der Waals surface area (Å²) in [5, 5.41) is 0. The topological polar surface area (TPSA) is 33.4 Å². The summed E-state index contributed by atoms with van der Waals surface area (Å²) in [7, 11) is 3.65. The standard InChI is InChI=1S/C19H23N2O2.HI/c1-20-12-5-6-16(14-20)18-7-3-4-13-21(18)19(22)15-8-10-17(23-2)11-9-15;/h5-6,8-12,14,18H,3-4,7,13H2,1-2H3;1H/q+1;/p-1. The summed E-state index contributed by atoms with van der Waals surface area (Å²) in [4.78, 5) is 15.0. The van der Waals surface area contributed by atoms with Gasteiger partial charge in [-0.2, -0.15) is 0 Å². The van der Waals surface area contributed by atoms with Crippen molar-refractivity contribution in [2.24, 2.45) is 7.05 Å². The third-order valence-electron chi connectivity index (χ3n) is 4.45. The first kappa shape index (κ1) is 18.7. The van der Waals surface area contributed by atoms with Crippen LogP contribution in [0.1, 0.15) is 41.2 Å². The highest BCUT2D eigenvalue weighted by Gasteiger charge is 2.29. The maximum absolute atomic E-state index is 12.9. The lowest BCUT2D eigenvalue weighted by molar-refractivity contribution is -0.672. The van der Waals surface area contributed by atoms with Crippen molar-refractivity contribution >= 4 is 5.91 Å². The van der Waals surface area contributed by atoms with Crippen LogP contribution in [0.2, 0.25) is 0 Å². The summed E-state index contributed by atoms with van der Waals surface area (Å²) in [5.74, 6) is 0.871. The van der Waals surface area contributed by atoms with Crippen molar-refractivity contribution in [1.82, 2.24) is 4.90 Å². The molecule has 0 radical (unpaired) electrons. The molecule has 0 aliphatic carbocycles. The van der Waals surface area contributed by atoms with Crippen molar-refractivity contribution in [3.63, 3.8) is 0 Å². The lowest BCUT2D eigenvalue weighted by Gasteiger charge is -2.35. The Morgan fingerprint density at radius 1 is 1.21 bits per heavy atom. The molecule has 1 aliphatic heterocycles. The van der Waals surface area contributed by atoms with E-state index < -0.39 is 0 Å². The number of piperidine rings is 1. The largest absolute Gasteiger partial charge is 1.00 e. The van der Waals surface area contributed by atoms with E-state index in [9.17, 15) is 4.79 Å². The highest BCUT2D eigenvalue weighted by Crippen LogP contribution is 2.31. The summed E-state index contributed by atoms with van der Waals surface area (Å²) in [6.07, 6.45) is 7.38.